The first kappa shape index (κ1) is 11.0. The number of carbonyl (C=O) groups is 2. The molecule has 1 N–H and O–H groups in total. The quantitative estimate of drug-likeness (QED) is 0.867. The van der Waals surface area contributed by atoms with Crippen molar-refractivity contribution >= 4 is 32.9 Å². The topological polar surface area (TPSA) is 49.9 Å². The van der Waals surface area contributed by atoms with Gasteiger partial charge in [-0.1, -0.05) is 18.2 Å². The van der Waals surface area contributed by atoms with E-state index in [9.17, 15) is 9.59 Å². The van der Waals surface area contributed by atoms with E-state index >= 15 is 0 Å². The van der Waals surface area contributed by atoms with Gasteiger partial charge in [0.1, 0.15) is 0 Å². The Hall–Kier alpha value is -1.55. The molecule has 0 aliphatic carbocycles. The molecule has 1 aromatic heterocycles. The van der Waals surface area contributed by atoms with Crippen LogP contribution in [0.25, 0.3) is 10.9 Å². The number of H-pyrrole nitrogens is 1. The summed E-state index contributed by atoms with van der Waals surface area (Å²) >= 11 is 0.770. The molecular weight excluding hydrogens is 222 g/mol. The Balaban J connectivity index is 2.21. The lowest BCUT2D eigenvalue weighted by Crippen LogP contribution is -1.99. The zero-order valence-electron chi connectivity index (χ0n) is 8.82. The van der Waals surface area contributed by atoms with Crippen LogP contribution < -0.4 is 0 Å². The van der Waals surface area contributed by atoms with Gasteiger partial charge in [0.25, 0.3) is 0 Å². The van der Waals surface area contributed by atoms with E-state index in [-0.39, 0.29) is 16.7 Å². The van der Waals surface area contributed by atoms with E-state index in [1.807, 2.05) is 30.5 Å². The van der Waals surface area contributed by atoms with Gasteiger partial charge in [-0.05, 0) is 23.4 Å². The summed E-state index contributed by atoms with van der Waals surface area (Å²) in [6.07, 6.45) is 2.11. The van der Waals surface area contributed by atoms with Crippen LogP contribution in [0.5, 0.6) is 0 Å². The molecular formula is C12H11NO2S. The maximum absolute atomic E-state index is 11.5. The number of hydrogen-bond acceptors (Lipinski definition) is 3. The lowest BCUT2D eigenvalue weighted by atomic mass is 10.1. The van der Waals surface area contributed by atoms with Crippen molar-refractivity contribution in [3.63, 3.8) is 0 Å². The standard InChI is InChI=1S/C12H11NO2S/c1-8(14)16-12(15)6-9-7-13-11-5-3-2-4-10(9)11/h2-5,7,13H,6H2,1H3. The highest BCUT2D eigenvalue weighted by Gasteiger charge is 2.10. The lowest BCUT2D eigenvalue weighted by molar-refractivity contribution is -0.111. The van der Waals surface area contributed by atoms with Gasteiger partial charge in [0.2, 0.25) is 5.12 Å². The van der Waals surface area contributed by atoms with E-state index in [4.69, 9.17) is 0 Å². The van der Waals surface area contributed by atoms with Crippen LogP contribution in [-0.4, -0.2) is 15.2 Å². The van der Waals surface area contributed by atoms with E-state index in [0.29, 0.717) is 0 Å². The Bertz CT molecular complexity index is 545. The van der Waals surface area contributed by atoms with Gasteiger partial charge in [-0.3, -0.25) is 9.59 Å². The molecule has 1 heterocycles. The molecule has 0 aliphatic heterocycles. The molecule has 1 aromatic carbocycles. The fourth-order valence-electron chi connectivity index (χ4n) is 1.63. The number of thioether (sulfide) groups is 1. The minimum atomic E-state index is -0.162. The second kappa shape index (κ2) is 4.53. The van der Waals surface area contributed by atoms with Gasteiger partial charge < -0.3 is 4.98 Å². The number of aromatic amines is 1. The van der Waals surface area contributed by atoms with Crippen LogP contribution in [0.15, 0.2) is 30.5 Å². The Morgan fingerprint density at radius 3 is 2.81 bits per heavy atom. The second-order valence-electron chi connectivity index (χ2n) is 3.50. The van der Waals surface area contributed by atoms with Crippen LogP contribution in [-0.2, 0) is 16.0 Å². The molecule has 0 amide bonds. The smallest absolute Gasteiger partial charge is 0.200 e. The highest BCUT2D eigenvalue weighted by Crippen LogP contribution is 2.20. The molecule has 3 nitrogen and oxygen atoms in total. The Kier molecular flexibility index (Phi) is 3.10. The Morgan fingerprint density at radius 2 is 2.06 bits per heavy atom. The molecule has 2 aromatic rings. The number of para-hydroxylation sites is 1. The van der Waals surface area contributed by atoms with Crippen molar-refractivity contribution in [3.8, 4) is 0 Å². The van der Waals surface area contributed by atoms with Crippen molar-refractivity contribution in [2.45, 2.75) is 13.3 Å². The number of carbonyl (C=O) groups excluding carboxylic acids is 2. The van der Waals surface area contributed by atoms with Crippen LogP contribution in [0, 0.1) is 0 Å². The van der Waals surface area contributed by atoms with Crippen molar-refractivity contribution in [3.05, 3.63) is 36.0 Å². The monoisotopic (exact) mass is 233 g/mol. The highest BCUT2D eigenvalue weighted by molar-refractivity contribution is 8.26. The molecule has 0 atom stereocenters. The van der Waals surface area contributed by atoms with Crippen LogP contribution in [0.3, 0.4) is 0 Å². The third kappa shape index (κ3) is 2.33. The molecule has 0 saturated carbocycles. The SMILES string of the molecule is CC(=O)SC(=O)Cc1c[nH]c2ccccc12. The molecule has 0 radical (unpaired) electrons. The van der Waals surface area contributed by atoms with Gasteiger partial charge in [-0.15, -0.1) is 0 Å². The first-order chi connectivity index (χ1) is 7.66. The molecule has 0 bridgehead atoms. The zero-order chi connectivity index (χ0) is 11.5. The number of aromatic nitrogens is 1. The molecule has 0 saturated heterocycles. The molecule has 0 fully saturated rings. The molecule has 0 spiro atoms. The number of hydrogen-bond donors (Lipinski definition) is 1. The maximum Gasteiger partial charge on any atom is 0.200 e. The highest BCUT2D eigenvalue weighted by atomic mass is 32.2. The van der Waals surface area contributed by atoms with E-state index in [0.717, 1.165) is 28.2 Å². The van der Waals surface area contributed by atoms with Gasteiger partial charge in [-0.25, -0.2) is 0 Å². The molecule has 2 rings (SSSR count). The van der Waals surface area contributed by atoms with Crippen molar-refractivity contribution in [1.82, 2.24) is 4.98 Å². The third-order valence-electron chi connectivity index (χ3n) is 2.27. The fraction of sp³-hybridized carbons (Fsp3) is 0.167. The maximum atomic E-state index is 11.5. The molecule has 82 valence electrons. The minimum Gasteiger partial charge on any atom is -0.361 e. The molecule has 0 aliphatic rings. The first-order valence-electron chi connectivity index (χ1n) is 4.93. The summed E-state index contributed by atoms with van der Waals surface area (Å²) in [6.45, 7) is 1.40. The normalized spacial score (nSPS) is 10.6. The summed E-state index contributed by atoms with van der Waals surface area (Å²) in [7, 11) is 0. The first-order valence-corrected chi connectivity index (χ1v) is 5.74. The lowest BCUT2D eigenvalue weighted by Gasteiger charge is -1.96. The second-order valence-corrected chi connectivity index (χ2v) is 4.74. The summed E-state index contributed by atoms with van der Waals surface area (Å²) < 4.78 is 0. The Labute approximate surface area is 97.2 Å². The van der Waals surface area contributed by atoms with Crippen molar-refractivity contribution < 1.29 is 9.59 Å². The van der Waals surface area contributed by atoms with Gasteiger partial charge in [-0.2, -0.15) is 0 Å². The van der Waals surface area contributed by atoms with Crippen LogP contribution in [0.4, 0.5) is 0 Å². The van der Waals surface area contributed by atoms with Crippen molar-refractivity contribution in [2.24, 2.45) is 0 Å². The molecule has 16 heavy (non-hydrogen) atoms. The predicted molar refractivity (Wildman–Crippen MR) is 65.3 cm³/mol. The average molecular weight is 233 g/mol. The largest absolute Gasteiger partial charge is 0.361 e. The third-order valence-corrected chi connectivity index (χ3v) is 2.93. The van der Waals surface area contributed by atoms with Gasteiger partial charge in [0.05, 0.1) is 0 Å². The average Bonchev–Trinajstić information content (AvgIpc) is 2.61. The number of nitrogens with one attached hydrogen (secondary N) is 1. The van der Waals surface area contributed by atoms with Gasteiger partial charge in [0.15, 0.2) is 5.12 Å². The summed E-state index contributed by atoms with van der Waals surface area (Å²) in [4.78, 5) is 25.4. The van der Waals surface area contributed by atoms with E-state index in [1.54, 1.807) is 0 Å². The molecule has 4 heteroatoms. The zero-order valence-corrected chi connectivity index (χ0v) is 9.64. The van der Waals surface area contributed by atoms with Crippen LogP contribution in [0.2, 0.25) is 0 Å². The van der Waals surface area contributed by atoms with Gasteiger partial charge in [0, 0.05) is 30.4 Å². The molecule has 0 unspecified atom stereocenters. The van der Waals surface area contributed by atoms with Crippen LogP contribution >= 0.6 is 11.8 Å². The van der Waals surface area contributed by atoms with E-state index < -0.39 is 0 Å². The number of benzene rings is 1. The Morgan fingerprint density at radius 1 is 1.31 bits per heavy atom. The summed E-state index contributed by atoms with van der Waals surface area (Å²) in [5.74, 6) is 0. The number of fused-ring (bicyclic) bond motifs is 1. The summed E-state index contributed by atoms with van der Waals surface area (Å²) in [5.41, 5.74) is 1.95. The van der Waals surface area contributed by atoms with Crippen molar-refractivity contribution in [2.75, 3.05) is 0 Å². The van der Waals surface area contributed by atoms with Gasteiger partial charge >= 0.3 is 0 Å². The minimum absolute atomic E-state index is 0.114. The van der Waals surface area contributed by atoms with E-state index in [1.165, 1.54) is 6.92 Å². The van der Waals surface area contributed by atoms with Crippen LogP contribution in [0.1, 0.15) is 12.5 Å². The van der Waals surface area contributed by atoms with Crippen molar-refractivity contribution in [1.29, 1.82) is 0 Å². The predicted octanol–water partition coefficient (Wildman–Crippen LogP) is 2.52. The van der Waals surface area contributed by atoms with E-state index in [2.05, 4.69) is 4.98 Å². The summed E-state index contributed by atoms with van der Waals surface area (Å²) in [6, 6.07) is 7.80. The number of rotatable bonds is 2. The fourth-order valence-corrected chi connectivity index (χ4v) is 2.18. The summed E-state index contributed by atoms with van der Waals surface area (Å²) in [5, 5.41) is 0.766.